The van der Waals surface area contributed by atoms with E-state index in [-0.39, 0.29) is 24.3 Å². The summed E-state index contributed by atoms with van der Waals surface area (Å²) in [5, 5.41) is 8.58. The first-order valence-corrected chi connectivity index (χ1v) is 10.9. The summed E-state index contributed by atoms with van der Waals surface area (Å²) in [6, 6.07) is 13.9. The van der Waals surface area contributed by atoms with Gasteiger partial charge in [0, 0.05) is 49.2 Å². The molecule has 3 N–H and O–H groups in total. The molecule has 0 bridgehead atoms. The molecule has 2 aromatic carbocycles. The minimum Gasteiger partial charge on any atom is -0.383 e. The highest BCUT2D eigenvalue weighted by atomic mass is 16.5. The van der Waals surface area contributed by atoms with Gasteiger partial charge < -0.3 is 25.6 Å². The Labute approximate surface area is 188 Å². The van der Waals surface area contributed by atoms with E-state index in [1.807, 2.05) is 4.90 Å². The molecule has 0 atom stereocenters. The Morgan fingerprint density at radius 1 is 0.938 bits per heavy atom. The molecule has 8 nitrogen and oxygen atoms in total. The summed E-state index contributed by atoms with van der Waals surface area (Å²) in [6.45, 7) is 2.53. The van der Waals surface area contributed by atoms with Crippen LogP contribution in [0, 0.1) is 0 Å². The number of hydrogen-bond acceptors (Lipinski definition) is 5. The third kappa shape index (κ3) is 6.81. The van der Waals surface area contributed by atoms with Gasteiger partial charge in [0.1, 0.15) is 0 Å². The molecule has 170 valence electrons. The van der Waals surface area contributed by atoms with Crippen molar-refractivity contribution < 1.29 is 19.1 Å². The molecule has 32 heavy (non-hydrogen) atoms. The van der Waals surface area contributed by atoms with E-state index in [2.05, 4.69) is 16.0 Å². The Balaban J connectivity index is 1.48. The number of amides is 3. The first-order chi connectivity index (χ1) is 15.6. The van der Waals surface area contributed by atoms with Gasteiger partial charge in [-0.15, -0.1) is 0 Å². The summed E-state index contributed by atoms with van der Waals surface area (Å²) in [5.41, 5.74) is 2.41. The van der Waals surface area contributed by atoms with Crippen LogP contribution in [0.25, 0.3) is 0 Å². The summed E-state index contributed by atoms with van der Waals surface area (Å²) in [6.07, 6.45) is 3.30. The van der Waals surface area contributed by atoms with E-state index in [0.29, 0.717) is 30.0 Å². The highest BCUT2D eigenvalue weighted by Gasteiger charge is 2.17. The maximum Gasteiger partial charge on any atom is 0.253 e. The predicted octanol–water partition coefficient (Wildman–Crippen LogP) is 2.74. The lowest BCUT2D eigenvalue weighted by molar-refractivity contribution is -0.114. The Bertz CT molecular complexity index is 924. The van der Waals surface area contributed by atoms with E-state index in [9.17, 15) is 14.4 Å². The lowest BCUT2D eigenvalue weighted by Gasteiger charge is -2.26. The van der Waals surface area contributed by atoms with Gasteiger partial charge in [0.05, 0.1) is 13.2 Å². The van der Waals surface area contributed by atoms with Crippen molar-refractivity contribution in [1.29, 1.82) is 0 Å². The Morgan fingerprint density at radius 3 is 2.41 bits per heavy atom. The van der Waals surface area contributed by atoms with E-state index in [1.54, 1.807) is 55.6 Å². The molecule has 2 aromatic rings. The van der Waals surface area contributed by atoms with Crippen LogP contribution in [0.2, 0.25) is 0 Å². The van der Waals surface area contributed by atoms with E-state index in [0.717, 1.165) is 31.6 Å². The van der Waals surface area contributed by atoms with Crippen molar-refractivity contribution in [2.24, 2.45) is 0 Å². The number of carbonyl (C=O) groups excluding carboxylic acids is 3. The van der Waals surface area contributed by atoms with Crippen molar-refractivity contribution in [1.82, 2.24) is 10.2 Å². The van der Waals surface area contributed by atoms with Gasteiger partial charge in [-0.2, -0.15) is 0 Å². The molecule has 1 aliphatic heterocycles. The molecule has 0 spiro atoms. The lowest BCUT2D eigenvalue weighted by Crippen LogP contribution is -2.35. The van der Waals surface area contributed by atoms with Gasteiger partial charge in [0.15, 0.2) is 0 Å². The zero-order valence-corrected chi connectivity index (χ0v) is 18.4. The predicted molar refractivity (Wildman–Crippen MR) is 124 cm³/mol. The monoisotopic (exact) mass is 438 g/mol. The zero-order valence-electron chi connectivity index (χ0n) is 18.4. The van der Waals surface area contributed by atoms with Crippen molar-refractivity contribution in [3.63, 3.8) is 0 Å². The number of benzene rings is 2. The average molecular weight is 439 g/mol. The van der Waals surface area contributed by atoms with Gasteiger partial charge in [-0.05, 0) is 61.7 Å². The Kier molecular flexibility index (Phi) is 8.62. The van der Waals surface area contributed by atoms with Gasteiger partial charge in [-0.3, -0.25) is 14.4 Å². The third-order valence-corrected chi connectivity index (χ3v) is 5.23. The van der Waals surface area contributed by atoms with E-state index in [4.69, 9.17) is 4.74 Å². The van der Waals surface area contributed by atoms with Gasteiger partial charge >= 0.3 is 0 Å². The molecule has 8 heteroatoms. The number of methoxy groups -OCH3 is 1. The van der Waals surface area contributed by atoms with Crippen molar-refractivity contribution >= 4 is 29.1 Å². The number of ether oxygens (including phenoxy) is 1. The molecule has 3 rings (SSSR count). The number of nitrogens with zero attached hydrogens (tertiary/aromatic N) is 1. The Morgan fingerprint density at radius 2 is 1.69 bits per heavy atom. The van der Waals surface area contributed by atoms with Crippen LogP contribution in [0.5, 0.6) is 0 Å². The topological polar surface area (TPSA) is 99.8 Å². The summed E-state index contributed by atoms with van der Waals surface area (Å²) in [4.78, 5) is 38.9. The van der Waals surface area contributed by atoms with E-state index < -0.39 is 0 Å². The molecule has 0 aromatic heterocycles. The molecule has 0 radical (unpaired) electrons. The zero-order chi connectivity index (χ0) is 22.8. The molecular formula is C24H30N4O4. The second-order valence-electron chi connectivity index (χ2n) is 7.66. The van der Waals surface area contributed by atoms with E-state index >= 15 is 0 Å². The normalized spacial score (nSPS) is 13.3. The minimum atomic E-state index is -0.240. The molecular weight excluding hydrogens is 408 g/mol. The maximum absolute atomic E-state index is 12.5. The Hall–Kier alpha value is -3.39. The van der Waals surface area contributed by atoms with E-state index in [1.165, 1.54) is 6.42 Å². The fourth-order valence-electron chi connectivity index (χ4n) is 3.50. The van der Waals surface area contributed by atoms with Crippen LogP contribution < -0.4 is 16.0 Å². The second kappa shape index (κ2) is 11.9. The molecule has 1 saturated heterocycles. The number of anilines is 2. The van der Waals surface area contributed by atoms with Crippen molar-refractivity contribution in [3.05, 3.63) is 59.7 Å². The number of likely N-dealkylation sites (tertiary alicyclic amines) is 1. The summed E-state index contributed by atoms with van der Waals surface area (Å²) in [5.74, 6) is -0.411. The maximum atomic E-state index is 12.5. The number of hydrogen-bond donors (Lipinski definition) is 3. The largest absolute Gasteiger partial charge is 0.383 e. The smallest absolute Gasteiger partial charge is 0.253 e. The van der Waals surface area contributed by atoms with Crippen LogP contribution in [0.15, 0.2) is 48.5 Å². The van der Waals surface area contributed by atoms with Crippen LogP contribution >= 0.6 is 0 Å². The summed E-state index contributed by atoms with van der Waals surface area (Å²) in [7, 11) is 1.57. The number of nitrogens with one attached hydrogen (secondary N) is 3. The van der Waals surface area contributed by atoms with Crippen LogP contribution in [-0.4, -0.2) is 62.5 Å². The minimum absolute atomic E-state index is 0.0557. The summed E-state index contributed by atoms with van der Waals surface area (Å²) >= 11 is 0. The molecule has 3 amide bonds. The van der Waals surface area contributed by atoms with Gasteiger partial charge in [-0.1, -0.05) is 6.07 Å². The van der Waals surface area contributed by atoms with Gasteiger partial charge in [0.25, 0.3) is 11.8 Å². The van der Waals surface area contributed by atoms with Crippen molar-refractivity contribution in [3.8, 4) is 0 Å². The second-order valence-corrected chi connectivity index (χ2v) is 7.66. The quantitative estimate of drug-likeness (QED) is 0.523. The highest BCUT2D eigenvalue weighted by molar-refractivity contribution is 5.98. The van der Waals surface area contributed by atoms with Gasteiger partial charge in [0.2, 0.25) is 5.91 Å². The molecule has 1 aliphatic rings. The fraction of sp³-hybridized carbons (Fsp3) is 0.375. The number of rotatable bonds is 9. The van der Waals surface area contributed by atoms with Crippen LogP contribution in [0.1, 0.15) is 40.0 Å². The molecule has 1 heterocycles. The standard InChI is InChI=1S/C24H30N4O4/c1-32-15-12-25-23(30)19-6-5-7-21(16-19)27-22(29)17-26-20-10-8-18(9-11-20)24(31)28-13-3-2-4-14-28/h5-11,16,26H,2-4,12-15,17H2,1H3,(H,25,30)(H,27,29). The number of carbonyl (C=O) groups is 3. The number of piperidine rings is 1. The molecule has 0 saturated carbocycles. The van der Waals surface area contributed by atoms with Crippen LogP contribution in [0.4, 0.5) is 11.4 Å². The van der Waals surface area contributed by atoms with Crippen molar-refractivity contribution in [2.75, 3.05) is 50.5 Å². The average Bonchev–Trinajstić information content (AvgIpc) is 2.83. The molecule has 0 unspecified atom stereocenters. The van der Waals surface area contributed by atoms with Crippen molar-refractivity contribution in [2.45, 2.75) is 19.3 Å². The SMILES string of the molecule is COCCNC(=O)c1cccc(NC(=O)CNc2ccc(C(=O)N3CCCCC3)cc2)c1. The molecule has 1 fully saturated rings. The highest BCUT2D eigenvalue weighted by Crippen LogP contribution is 2.16. The lowest BCUT2D eigenvalue weighted by atomic mass is 10.1. The fourth-order valence-corrected chi connectivity index (χ4v) is 3.50. The third-order valence-electron chi connectivity index (χ3n) is 5.23. The first-order valence-electron chi connectivity index (χ1n) is 10.9. The summed E-state index contributed by atoms with van der Waals surface area (Å²) < 4.78 is 4.92. The first kappa shape index (κ1) is 23.3. The van der Waals surface area contributed by atoms with Crippen LogP contribution in [0.3, 0.4) is 0 Å². The van der Waals surface area contributed by atoms with Gasteiger partial charge in [-0.25, -0.2) is 0 Å². The molecule has 0 aliphatic carbocycles. The van der Waals surface area contributed by atoms with Crippen LogP contribution in [-0.2, 0) is 9.53 Å².